The molecule has 104 valence electrons. The Hall–Kier alpha value is -2.17. The van der Waals surface area contributed by atoms with Gasteiger partial charge in [-0.3, -0.25) is 4.98 Å². The van der Waals surface area contributed by atoms with Gasteiger partial charge >= 0.3 is 0 Å². The van der Waals surface area contributed by atoms with Crippen molar-refractivity contribution < 1.29 is 5.11 Å². The molecule has 0 aromatic carbocycles. The van der Waals surface area contributed by atoms with Crippen LogP contribution in [0.3, 0.4) is 0 Å². The van der Waals surface area contributed by atoms with Crippen molar-refractivity contribution in [2.24, 2.45) is 0 Å². The molecule has 2 N–H and O–H groups in total. The molecule has 0 radical (unpaired) electrons. The van der Waals surface area contributed by atoms with Crippen molar-refractivity contribution in [3.05, 3.63) is 35.5 Å². The Morgan fingerprint density at radius 3 is 2.65 bits per heavy atom. The first-order valence-corrected chi connectivity index (χ1v) is 6.90. The van der Waals surface area contributed by atoms with Gasteiger partial charge in [-0.1, -0.05) is 6.42 Å². The molecule has 0 amide bonds. The monoisotopic (exact) mass is 270 g/mol. The van der Waals surface area contributed by atoms with Gasteiger partial charge < -0.3 is 10.4 Å². The molecule has 5 heteroatoms. The fourth-order valence-electron chi connectivity index (χ4n) is 2.41. The minimum absolute atomic E-state index is 0.164. The van der Waals surface area contributed by atoms with Crippen LogP contribution in [-0.2, 0) is 0 Å². The van der Waals surface area contributed by atoms with Gasteiger partial charge in [0.25, 0.3) is 0 Å². The molecule has 0 unspecified atom stereocenters. The van der Waals surface area contributed by atoms with Gasteiger partial charge in [0, 0.05) is 11.6 Å². The fraction of sp³-hybridized carbons (Fsp3) is 0.400. The number of aromatic hydroxyl groups is 1. The molecule has 1 fully saturated rings. The second kappa shape index (κ2) is 5.07. The molecule has 1 aliphatic carbocycles. The Bertz CT molecular complexity index is 638. The predicted octanol–water partition coefficient (Wildman–Crippen LogP) is 3.21. The average Bonchev–Trinajstić information content (AvgIpc) is 2.35. The van der Waals surface area contributed by atoms with Crippen LogP contribution in [-0.4, -0.2) is 20.1 Å². The van der Waals surface area contributed by atoms with E-state index in [1.807, 2.05) is 26.0 Å². The number of pyridine rings is 1. The van der Waals surface area contributed by atoms with E-state index in [2.05, 4.69) is 20.3 Å². The van der Waals surface area contributed by atoms with Crippen LogP contribution < -0.4 is 5.32 Å². The maximum absolute atomic E-state index is 10.3. The van der Waals surface area contributed by atoms with Gasteiger partial charge in [0.05, 0.1) is 17.1 Å². The molecule has 0 aliphatic heterocycles. The predicted molar refractivity (Wildman–Crippen MR) is 77.3 cm³/mol. The van der Waals surface area contributed by atoms with E-state index in [1.165, 1.54) is 12.7 Å². The van der Waals surface area contributed by atoms with E-state index in [9.17, 15) is 5.11 Å². The zero-order valence-corrected chi connectivity index (χ0v) is 11.7. The minimum Gasteiger partial charge on any atom is -0.503 e. The Morgan fingerprint density at radius 2 is 2.00 bits per heavy atom. The van der Waals surface area contributed by atoms with Crippen molar-refractivity contribution in [1.29, 1.82) is 0 Å². The third kappa shape index (κ3) is 2.31. The number of hydrogen-bond acceptors (Lipinski definition) is 5. The zero-order valence-electron chi connectivity index (χ0n) is 11.7. The molecule has 0 bridgehead atoms. The van der Waals surface area contributed by atoms with E-state index in [4.69, 9.17) is 0 Å². The summed E-state index contributed by atoms with van der Waals surface area (Å²) in [5.41, 5.74) is 3.46. The second-order valence-corrected chi connectivity index (χ2v) is 5.29. The highest BCUT2D eigenvalue weighted by Crippen LogP contribution is 2.41. The van der Waals surface area contributed by atoms with E-state index in [-0.39, 0.29) is 5.75 Å². The quantitative estimate of drug-likeness (QED) is 0.896. The van der Waals surface area contributed by atoms with Crippen molar-refractivity contribution >= 4 is 11.5 Å². The summed E-state index contributed by atoms with van der Waals surface area (Å²) in [4.78, 5) is 12.8. The first kappa shape index (κ1) is 12.8. The van der Waals surface area contributed by atoms with Gasteiger partial charge in [-0.25, -0.2) is 9.97 Å². The number of hydrogen-bond donors (Lipinski definition) is 2. The van der Waals surface area contributed by atoms with Gasteiger partial charge in [-0.05, 0) is 38.8 Å². The number of nitrogens with zero attached hydrogens (tertiary/aromatic N) is 3. The van der Waals surface area contributed by atoms with Crippen molar-refractivity contribution in [3.63, 3.8) is 0 Å². The molecule has 2 aromatic rings. The van der Waals surface area contributed by atoms with Crippen LogP contribution in [0.15, 0.2) is 18.5 Å². The van der Waals surface area contributed by atoms with E-state index >= 15 is 0 Å². The lowest BCUT2D eigenvalue weighted by Gasteiger charge is -2.25. The third-order valence-corrected chi connectivity index (χ3v) is 3.82. The maximum Gasteiger partial charge on any atom is 0.180 e. The van der Waals surface area contributed by atoms with E-state index < -0.39 is 0 Å². The number of nitrogens with one attached hydrogen (secondary N) is 1. The van der Waals surface area contributed by atoms with E-state index in [0.29, 0.717) is 11.7 Å². The molecule has 20 heavy (non-hydrogen) atoms. The largest absolute Gasteiger partial charge is 0.503 e. The summed E-state index contributed by atoms with van der Waals surface area (Å²) in [7, 11) is 0. The standard InChI is InChI=1S/C15H18N4O/c1-9-6-7-12(10(2)18-9)19-15-14(20)13(16-8-17-15)11-4-3-5-11/h6-8,11,20H,3-5H2,1-2H3,(H,16,17,19). The minimum atomic E-state index is 0.164. The van der Waals surface area contributed by atoms with Crippen LogP contribution in [0.2, 0.25) is 0 Å². The number of aromatic nitrogens is 3. The molecular weight excluding hydrogens is 252 g/mol. The van der Waals surface area contributed by atoms with Crippen LogP contribution >= 0.6 is 0 Å². The molecule has 3 rings (SSSR count). The number of aryl methyl sites for hydroxylation is 2. The zero-order chi connectivity index (χ0) is 14.1. The summed E-state index contributed by atoms with van der Waals surface area (Å²) in [6.07, 6.45) is 4.90. The summed E-state index contributed by atoms with van der Waals surface area (Å²) in [6, 6.07) is 3.88. The van der Waals surface area contributed by atoms with Gasteiger partial charge in [-0.15, -0.1) is 0 Å². The highest BCUT2D eigenvalue weighted by Gasteiger charge is 2.25. The van der Waals surface area contributed by atoms with Crippen LogP contribution in [0.4, 0.5) is 11.5 Å². The van der Waals surface area contributed by atoms with Crippen LogP contribution in [0.1, 0.15) is 42.3 Å². The summed E-state index contributed by atoms with van der Waals surface area (Å²) in [5, 5.41) is 13.5. The molecule has 0 atom stereocenters. The number of rotatable bonds is 3. The third-order valence-electron chi connectivity index (χ3n) is 3.82. The van der Waals surface area contributed by atoms with Gasteiger partial charge in [-0.2, -0.15) is 0 Å². The molecule has 1 aliphatic rings. The first-order chi connectivity index (χ1) is 9.65. The van der Waals surface area contributed by atoms with Crippen molar-refractivity contribution in [2.45, 2.75) is 39.0 Å². The Balaban J connectivity index is 1.90. The molecule has 5 nitrogen and oxygen atoms in total. The van der Waals surface area contributed by atoms with Crippen LogP contribution in [0.25, 0.3) is 0 Å². The molecular formula is C15H18N4O. The summed E-state index contributed by atoms with van der Waals surface area (Å²) in [5.74, 6) is 0.989. The second-order valence-electron chi connectivity index (χ2n) is 5.29. The van der Waals surface area contributed by atoms with Gasteiger partial charge in [0.15, 0.2) is 11.6 Å². The Morgan fingerprint density at radius 1 is 1.20 bits per heavy atom. The topological polar surface area (TPSA) is 70.9 Å². The van der Waals surface area contributed by atoms with Gasteiger partial charge in [0.1, 0.15) is 6.33 Å². The highest BCUT2D eigenvalue weighted by atomic mass is 16.3. The molecule has 0 spiro atoms. The molecule has 2 aromatic heterocycles. The van der Waals surface area contributed by atoms with Gasteiger partial charge in [0.2, 0.25) is 0 Å². The maximum atomic E-state index is 10.3. The average molecular weight is 270 g/mol. The summed E-state index contributed by atoms with van der Waals surface area (Å²) in [6.45, 7) is 3.88. The van der Waals surface area contributed by atoms with E-state index in [1.54, 1.807) is 0 Å². The molecule has 1 saturated carbocycles. The van der Waals surface area contributed by atoms with Crippen LogP contribution in [0.5, 0.6) is 5.75 Å². The lowest BCUT2D eigenvalue weighted by atomic mass is 9.82. The van der Waals surface area contributed by atoms with Crippen molar-refractivity contribution in [3.8, 4) is 5.75 Å². The lowest BCUT2D eigenvalue weighted by molar-refractivity contribution is 0.383. The molecule has 2 heterocycles. The lowest BCUT2D eigenvalue weighted by Crippen LogP contribution is -2.12. The van der Waals surface area contributed by atoms with Crippen molar-refractivity contribution in [1.82, 2.24) is 15.0 Å². The highest BCUT2D eigenvalue weighted by molar-refractivity contribution is 5.64. The summed E-state index contributed by atoms with van der Waals surface area (Å²) >= 11 is 0. The summed E-state index contributed by atoms with van der Waals surface area (Å²) < 4.78 is 0. The fourth-order valence-corrected chi connectivity index (χ4v) is 2.41. The normalized spacial score (nSPS) is 14.9. The van der Waals surface area contributed by atoms with E-state index in [0.717, 1.165) is 35.6 Å². The number of anilines is 2. The van der Waals surface area contributed by atoms with Crippen molar-refractivity contribution in [2.75, 3.05) is 5.32 Å². The Labute approximate surface area is 118 Å². The smallest absolute Gasteiger partial charge is 0.180 e. The molecule has 0 saturated heterocycles. The SMILES string of the molecule is Cc1ccc(Nc2ncnc(C3CCC3)c2O)c(C)n1. The Kier molecular flexibility index (Phi) is 3.26. The van der Waals surface area contributed by atoms with Crippen LogP contribution in [0, 0.1) is 13.8 Å². The first-order valence-electron chi connectivity index (χ1n) is 6.90.